The van der Waals surface area contributed by atoms with Gasteiger partial charge in [-0.3, -0.25) is 0 Å². The molecule has 5 nitrogen and oxygen atoms in total. The van der Waals surface area contributed by atoms with E-state index in [-0.39, 0.29) is 5.57 Å². The van der Waals surface area contributed by atoms with Gasteiger partial charge in [0.1, 0.15) is 17.7 Å². The molecule has 0 bridgehead atoms. The summed E-state index contributed by atoms with van der Waals surface area (Å²) >= 11 is 5.25. The number of thiophene rings is 3. The first-order chi connectivity index (χ1) is 16.5. The zero-order chi connectivity index (χ0) is 24.0. The summed E-state index contributed by atoms with van der Waals surface area (Å²) < 4.78 is 9.97. The molecule has 0 aromatic carbocycles. The predicted octanol–water partition coefficient (Wildman–Crippen LogP) is 8.26. The average molecular weight is 500 g/mol. The number of nitrogens with zero attached hydrogens (tertiary/aromatic N) is 5. The molecule has 0 aliphatic rings. The minimum absolute atomic E-state index is 0.126. The Morgan fingerprint density at radius 2 is 1.26 bits per heavy atom. The Labute approximate surface area is 209 Å². The highest BCUT2D eigenvalue weighted by Gasteiger charge is 2.24. The number of aryl methyl sites for hydroxylation is 2. The number of hydrogen-bond donors (Lipinski definition) is 0. The second kappa shape index (κ2) is 8.78. The number of allylic oxidation sites excluding steroid dienone is 2. The quantitative estimate of drug-likeness (QED) is 0.220. The van der Waals surface area contributed by atoms with Crippen LogP contribution in [-0.2, 0) is 13.1 Å². The fraction of sp³-hybridized carbons (Fsp3) is 0.269. The molecule has 5 aromatic heterocycles. The lowest BCUT2D eigenvalue weighted by atomic mass is 10.3. The van der Waals surface area contributed by atoms with Crippen molar-refractivity contribution in [3.63, 3.8) is 0 Å². The summed E-state index contributed by atoms with van der Waals surface area (Å²) in [4.78, 5) is 2.05. The molecule has 0 spiro atoms. The average Bonchev–Trinajstić information content (AvgIpc) is 3.60. The van der Waals surface area contributed by atoms with Gasteiger partial charge in [-0.25, -0.2) is 0 Å². The van der Waals surface area contributed by atoms with Crippen LogP contribution < -0.4 is 0 Å². The molecule has 0 radical (unpaired) electrons. The highest BCUT2D eigenvalue weighted by Crippen LogP contribution is 2.49. The number of fused-ring (bicyclic) bond motifs is 7. The van der Waals surface area contributed by atoms with Crippen LogP contribution in [0.3, 0.4) is 0 Å². The van der Waals surface area contributed by atoms with Gasteiger partial charge in [-0.15, -0.1) is 34.0 Å². The van der Waals surface area contributed by atoms with Crippen molar-refractivity contribution in [1.82, 2.24) is 9.13 Å². The maximum atomic E-state index is 9.21. The number of aromatic nitrogens is 2. The van der Waals surface area contributed by atoms with Crippen molar-refractivity contribution in [3.8, 4) is 18.2 Å². The van der Waals surface area contributed by atoms with Gasteiger partial charge >= 0.3 is 0 Å². The van der Waals surface area contributed by atoms with E-state index in [1.54, 1.807) is 28.7 Å². The molecule has 0 amide bonds. The topological polar surface area (TPSA) is 81.2 Å². The van der Waals surface area contributed by atoms with E-state index < -0.39 is 0 Å². The van der Waals surface area contributed by atoms with Crippen molar-refractivity contribution in [2.75, 3.05) is 0 Å². The highest BCUT2D eigenvalue weighted by atomic mass is 32.1. The Morgan fingerprint density at radius 1 is 0.765 bits per heavy atom. The molecule has 0 saturated carbocycles. The minimum atomic E-state index is 0.126. The first-order valence-electron chi connectivity index (χ1n) is 11.1. The Balaban J connectivity index is 1.85. The summed E-state index contributed by atoms with van der Waals surface area (Å²) in [5, 5.41) is 27.6. The van der Waals surface area contributed by atoms with Crippen molar-refractivity contribution in [1.29, 1.82) is 15.8 Å². The third-order valence-corrected chi connectivity index (χ3v) is 9.45. The fourth-order valence-electron chi connectivity index (χ4n) is 4.52. The molecule has 168 valence electrons. The Morgan fingerprint density at radius 3 is 1.71 bits per heavy atom. The van der Waals surface area contributed by atoms with Gasteiger partial charge in [0, 0.05) is 28.4 Å². The number of nitriles is 3. The van der Waals surface area contributed by atoms with E-state index >= 15 is 0 Å². The maximum Gasteiger partial charge on any atom is 0.131 e. The van der Waals surface area contributed by atoms with Crippen LogP contribution in [0.1, 0.15) is 43.4 Å². The Bertz CT molecular complexity index is 1760. The molecular formula is C26H21N5S3. The third kappa shape index (κ3) is 3.37. The van der Waals surface area contributed by atoms with Gasteiger partial charge in [-0.2, -0.15) is 15.8 Å². The summed E-state index contributed by atoms with van der Waals surface area (Å²) in [6.07, 6.45) is 5.71. The van der Waals surface area contributed by atoms with E-state index in [0.29, 0.717) is 5.57 Å². The number of hydrogen-bond acceptors (Lipinski definition) is 6. The lowest BCUT2D eigenvalue weighted by Gasteiger charge is -2.07. The van der Waals surface area contributed by atoms with Crippen LogP contribution in [-0.4, -0.2) is 9.13 Å². The SMILES string of the molecule is CCCn1c2cc(C=C(C#N)C#N)sc2c2sc3c4sc(/C=C(/C)C#N)cc4n(CCC)c3c21. The minimum Gasteiger partial charge on any atom is -0.337 e. The van der Waals surface area contributed by atoms with Crippen LogP contribution >= 0.6 is 34.0 Å². The van der Waals surface area contributed by atoms with Crippen molar-refractivity contribution in [2.45, 2.75) is 46.7 Å². The van der Waals surface area contributed by atoms with Crippen molar-refractivity contribution < 1.29 is 0 Å². The molecule has 0 aliphatic carbocycles. The van der Waals surface area contributed by atoms with Crippen LogP contribution in [0.5, 0.6) is 0 Å². The lowest BCUT2D eigenvalue weighted by molar-refractivity contribution is 0.711. The Kier molecular flexibility index (Phi) is 5.80. The van der Waals surface area contributed by atoms with Crippen LogP contribution in [0.25, 0.3) is 53.0 Å². The molecule has 0 fully saturated rings. The van der Waals surface area contributed by atoms with E-state index in [0.717, 1.165) is 35.7 Å². The fourth-order valence-corrected chi connectivity index (χ4v) is 8.38. The zero-order valence-corrected chi connectivity index (χ0v) is 21.5. The molecule has 8 heteroatoms. The summed E-state index contributed by atoms with van der Waals surface area (Å²) in [6.45, 7) is 8.10. The third-order valence-electron chi connectivity index (χ3n) is 5.81. The molecule has 5 heterocycles. The van der Waals surface area contributed by atoms with Gasteiger partial charge in [0.25, 0.3) is 0 Å². The van der Waals surface area contributed by atoms with Crippen LogP contribution in [0.2, 0.25) is 0 Å². The van der Waals surface area contributed by atoms with Gasteiger partial charge in [0.15, 0.2) is 0 Å². The molecule has 0 aliphatic heterocycles. The molecular weight excluding hydrogens is 479 g/mol. The summed E-state index contributed by atoms with van der Waals surface area (Å²) in [7, 11) is 0. The number of rotatable bonds is 6. The molecule has 5 rings (SSSR count). The van der Waals surface area contributed by atoms with E-state index in [1.165, 1.54) is 40.9 Å². The van der Waals surface area contributed by atoms with E-state index in [1.807, 2.05) is 36.5 Å². The molecule has 0 atom stereocenters. The zero-order valence-electron chi connectivity index (χ0n) is 19.1. The van der Waals surface area contributed by atoms with Crippen LogP contribution in [0.15, 0.2) is 23.3 Å². The maximum absolute atomic E-state index is 9.21. The largest absolute Gasteiger partial charge is 0.337 e. The van der Waals surface area contributed by atoms with Crippen molar-refractivity contribution in [2.24, 2.45) is 0 Å². The Hall–Kier alpha value is -3.35. The summed E-state index contributed by atoms with van der Waals surface area (Å²) in [6, 6.07) is 10.5. The predicted molar refractivity (Wildman–Crippen MR) is 145 cm³/mol. The molecule has 0 N–H and O–H groups in total. The van der Waals surface area contributed by atoms with Gasteiger partial charge in [-0.1, -0.05) is 13.8 Å². The normalized spacial score (nSPS) is 11.9. The second-order valence-electron chi connectivity index (χ2n) is 8.21. The van der Waals surface area contributed by atoms with E-state index in [2.05, 4.69) is 41.2 Å². The van der Waals surface area contributed by atoms with Crippen molar-refractivity contribution >= 4 is 87.0 Å². The van der Waals surface area contributed by atoms with Crippen molar-refractivity contribution in [3.05, 3.63) is 33.0 Å². The van der Waals surface area contributed by atoms with E-state index in [9.17, 15) is 15.8 Å². The van der Waals surface area contributed by atoms with Crippen LogP contribution in [0, 0.1) is 34.0 Å². The molecule has 5 aromatic rings. The summed E-state index contributed by atoms with van der Waals surface area (Å²) in [5.41, 5.74) is 5.86. The molecule has 0 unspecified atom stereocenters. The van der Waals surface area contributed by atoms with Gasteiger partial charge in [-0.05, 0) is 44.1 Å². The second-order valence-corrected chi connectivity index (χ2v) is 11.4. The molecule has 0 saturated heterocycles. The van der Waals surface area contributed by atoms with Gasteiger partial charge < -0.3 is 9.13 Å². The van der Waals surface area contributed by atoms with Gasteiger partial charge in [0.2, 0.25) is 0 Å². The van der Waals surface area contributed by atoms with E-state index in [4.69, 9.17) is 0 Å². The summed E-state index contributed by atoms with van der Waals surface area (Å²) in [5.74, 6) is 0. The van der Waals surface area contributed by atoms with Crippen LogP contribution in [0.4, 0.5) is 0 Å². The standard InChI is InChI=1S/C26H21N5S3/c1-4-6-30-19-10-17(8-15(3)12-27)32-23(19)25-21(30)22-26(34-25)24-20(31(22)7-5-2)11-18(33-24)9-16(13-28)14-29/h8-11H,4-7H2,1-3H3/b15-8-. The molecule has 34 heavy (non-hydrogen) atoms. The smallest absolute Gasteiger partial charge is 0.131 e. The van der Waals surface area contributed by atoms with Gasteiger partial charge in [0.05, 0.1) is 46.9 Å². The highest BCUT2D eigenvalue weighted by molar-refractivity contribution is 7.34. The monoisotopic (exact) mass is 499 g/mol. The first kappa shape index (κ1) is 22.4. The first-order valence-corrected chi connectivity index (χ1v) is 13.6. The lowest BCUT2D eigenvalue weighted by Crippen LogP contribution is -1.99.